The van der Waals surface area contributed by atoms with Crippen LogP contribution < -0.4 is 0 Å². The molecule has 0 amide bonds. The van der Waals surface area contributed by atoms with E-state index in [4.69, 9.17) is 14.2 Å². The van der Waals surface area contributed by atoms with Gasteiger partial charge in [-0.15, -0.1) is 0 Å². The maximum Gasteiger partial charge on any atom is 0.166 e. The van der Waals surface area contributed by atoms with E-state index in [1.54, 1.807) is 14.2 Å². The summed E-state index contributed by atoms with van der Waals surface area (Å²) in [6, 6.07) is 0. The highest BCUT2D eigenvalue weighted by molar-refractivity contribution is 6.13. The smallest absolute Gasteiger partial charge is 0.166 e. The molecule has 0 saturated heterocycles. The van der Waals surface area contributed by atoms with Gasteiger partial charge >= 0.3 is 0 Å². The van der Waals surface area contributed by atoms with Crippen molar-refractivity contribution in [2.45, 2.75) is 12.3 Å². The van der Waals surface area contributed by atoms with Gasteiger partial charge in [-0.1, -0.05) is 12.2 Å². The van der Waals surface area contributed by atoms with Crippen LogP contribution in [0.4, 0.5) is 0 Å². The Labute approximate surface area is 77.1 Å². The Hall–Kier alpha value is -0.163. The van der Waals surface area contributed by atoms with E-state index in [0.717, 1.165) is 5.57 Å². The maximum absolute atomic E-state index is 5.24. The second kappa shape index (κ2) is 5.48. The first-order valence-corrected chi connectivity index (χ1v) is 4.11. The first-order valence-electron chi connectivity index (χ1n) is 3.61. The zero-order chi connectivity index (χ0) is 9.61. The van der Waals surface area contributed by atoms with Crippen LogP contribution in [0.25, 0.3) is 0 Å². The minimum absolute atomic E-state index is 0.323. The third-order valence-electron chi connectivity index (χ3n) is 1.30. The highest BCUT2D eigenvalue weighted by Gasteiger charge is 2.22. The summed E-state index contributed by atoms with van der Waals surface area (Å²) >= 11 is 0. The molecule has 0 unspecified atom stereocenters. The van der Waals surface area contributed by atoms with Crippen LogP contribution in [0, 0.1) is 0 Å². The fraction of sp³-hybridized carbons (Fsp3) is 0.750. The lowest BCUT2D eigenvalue weighted by atomic mass is 10.4. The highest BCUT2D eigenvalue weighted by Crippen LogP contribution is 2.06. The van der Waals surface area contributed by atoms with Crippen LogP contribution in [-0.4, -0.2) is 43.1 Å². The average molecular weight is 187 g/mol. The van der Waals surface area contributed by atoms with Gasteiger partial charge in [-0.2, -0.15) is 0 Å². The zero-order valence-electron chi connectivity index (χ0n) is 7.85. The molecule has 0 spiro atoms. The van der Waals surface area contributed by atoms with E-state index < -0.39 is 5.41 Å². The summed E-state index contributed by atoms with van der Waals surface area (Å²) in [4.78, 5) is 0. The van der Waals surface area contributed by atoms with Gasteiger partial charge < -0.3 is 14.2 Å². The quantitative estimate of drug-likeness (QED) is 0.348. The highest BCUT2D eigenvalue weighted by atomic mass is 28.1. The molecule has 69 valence electrons. The molecular formula is C8H15O3Si. The van der Waals surface area contributed by atoms with Crippen molar-refractivity contribution in [2.24, 2.45) is 0 Å². The number of rotatable bonds is 6. The van der Waals surface area contributed by atoms with Gasteiger partial charge in [-0.05, 0) is 6.92 Å². The minimum Gasteiger partial charge on any atom is -0.372 e. The molecule has 12 heavy (non-hydrogen) atoms. The molecule has 3 radical (unpaired) electrons. The molecular weight excluding hydrogens is 172 g/mol. The molecule has 0 aromatic heterocycles. The molecule has 0 saturated carbocycles. The van der Waals surface area contributed by atoms with Gasteiger partial charge in [0.1, 0.15) is 10.2 Å². The maximum atomic E-state index is 5.24. The van der Waals surface area contributed by atoms with E-state index in [9.17, 15) is 0 Å². The van der Waals surface area contributed by atoms with Crippen molar-refractivity contribution in [3.63, 3.8) is 0 Å². The third kappa shape index (κ3) is 4.66. The van der Waals surface area contributed by atoms with Crippen LogP contribution in [0.3, 0.4) is 0 Å². The van der Waals surface area contributed by atoms with E-state index in [1.807, 2.05) is 6.92 Å². The van der Waals surface area contributed by atoms with Gasteiger partial charge in [0.05, 0.1) is 13.2 Å². The molecule has 4 heteroatoms. The molecule has 0 rings (SSSR count). The molecule has 0 aromatic carbocycles. The van der Waals surface area contributed by atoms with Crippen molar-refractivity contribution >= 4 is 10.2 Å². The zero-order valence-corrected chi connectivity index (χ0v) is 8.85. The summed E-state index contributed by atoms with van der Waals surface area (Å²) in [6.45, 7) is 6.44. The van der Waals surface area contributed by atoms with Crippen molar-refractivity contribution in [3.05, 3.63) is 12.2 Å². The second-order valence-electron chi connectivity index (χ2n) is 2.61. The topological polar surface area (TPSA) is 27.7 Å². The Bertz CT molecular complexity index is 143. The van der Waals surface area contributed by atoms with Crippen molar-refractivity contribution in [2.75, 3.05) is 27.4 Å². The van der Waals surface area contributed by atoms with Crippen LogP contribution >= 0.6 is 0 Å². The summed E-state index contributed by atoms with van der Waals surface area (Å²) in [6.07, 6.45) is 0. The number of ether oxygens (including phenoxy) is 3. The van der Waals surface area contributed by atoms with Gasteiger partial charge in [0.15, 0.2) is 5.41 Å². The first-order chi connectivity index (χ1) is 5.54. The summed E-state index contributed by atoms with van der Waals surface area (Å²) in [7, 11) is 6.37. The molecule has 0 atom stereocenters. The minimum atomic E-state index is -0.838. The Morgan fingerprint density at radius 2 is 1.92 bits per heavy atom. The molecule has 0 aromatic rings. The fourth-order valence-electron chi connectivity index (χ4n) is 0.561. The van der Waals surface area contributed by atoms with Gasteiger partial charge in [-0.25, -0.2) is 0 Å². The van der Waals surface area contributed by atoms with E-state index >= 15 is 0 Å². The van der Waals surface area contributed by atoms with Crippen LogP contribution in [0.5, 0.6) is 0 Å². The second-order valence-corrected chi connectivity index (χ2v) is 3.37. The molecule has 3 nitrogen and oxygen atoms in total. The van der Waals surface area contributed by atoms with Crippen molar-refractivity contribution in [1.29, 1.82) is 0 Å². The van der Waals surface area contributed by atoms with Gasteiger partial charge in [0.25, 0.3) is 0 Å². The number of hydrogen-bond acceptors (Lipinski definition) is 3. The third-order valence-corrected chi connectivity index (χ3v) is 1.85. The molecule has 0 bridgehead atoms. The van der Waals surface area contributed by atoms with E-state index in [2.05, 4.69) is 16.8 Å². The van der Waals surface area contributed by atoms with Crippen LogP contribution in [0.2, 0.25) is 0 Å². The monoisotopic (exact) mass is 187 g/mol. The summed E-state index contributed by atoms with van der Waals surface area (Å²) in [5.74, 6) is 0. The van der Waals surface area contributed by atoms with E-state index in [0.29, 0.717) is 13.2 Å². The summed E-state index contributed by atoms with van der Waals surface area (Å²) < 4.78 is 15.3. The number of hydrogen-bond donors (Lipinski definition) is 0. The Morgan fingerprint density at radius 1 is 1.42 bits per heavy atom. The molecule has 0 aliphatic carbocycles. The Balaban J connectivity index is 3.65. The molecule has 0 N–H and O–H groups in total. The lowest BCUT2D eigenvalue weighted by Gasteiger charge is -2.26. The van der Waals surface area contributed by atoms with Crippen LogP contribution in [0.1, 0.15) is 6.92 Å². The molecule has 0 aliphatic heterocycles. The van der Waals surface area contributed by atoms with Crippen molar-refractivity contribution < 1.29 is 14.2 Å². The average Bonchev–Trinajstić information content (AvgIpc) is 2.03. The first kappa shape index (κ1) is 11.8. The lowest BCUT2D eigenvalue weighted by molar-refractivity contribution is -0.174. The van der Waals surface area contributed by atoms with Gasteiger partial charge in [0, 0.05) is 14.2 Å². The predicted molar refractivity (Wildman–Crippen MR) is 48.1 cm³/mol. The van der Waals surface area contributed by atoms with Crippen molar-refractivity contribution in [1.82, 2.24) is 0 Å². The molecule has 0 heterocycles. The Kier molecular flexibility index (Phi) is 5.40. The lowest BCUT2D eigenvalue weighted by Crippen LogP contribution is -2.39. The van der Waals surface area contributed by atoms with Crippen molar-refractivity contribution in [3.8, 4) is 0 Å². The standard InChI is InChI=1S/C8H15O3Si/c1-7(2)5-11-6-8(12,9-3)10-4/h1,5-6H2,2-4H3. The van der Waals surface area contributed by atoms with Gasteiger partial charge in [-0.3, -0.25) is 0 Å². The molecule has 0 fully saturated rings. The summed E-state index contributed by atoms with van der Waals surface area (Å²) in [5.41, 5.74) is 0.131. The molecule has 0 aliphatic rings. The normalized spacial score (nSPS) is 11.7. The van der Waals surface area contributed by atoms with E-state index in [1.165, 1.54) is 0 Å². The summed E-state index contributed by atoms with van der Waals surface area (Å²) in [5, 5.41) is 0. The fourth-order valence-corrected chi connectivity index (χ4v) is 0.663. The van der Waals surface area contributed by atoms with E-state index in [-0.39, 0.29) is 0 Å². The Morgan fingerprint density at radius 3 is 2.25 bits per heavy atom. The predicted octanol–water partition coefficient (Wildman–Crippen LogP) is 0.694. The largest absolute Gasteiger partial charge is 0.372 e. The SMILES string of the molecule is C=C(C)COCC([Si])(OC)OC. The number of methoxy groups -OCH3 is 2. The van der Waals surface area contributed by atoms with Gasteiger partial charge in [0.2, 0.25) is 0 Å². The van der Waals surface area contributed by atoms with Crippen LogP contribution in [0.15, 0.2) is 12.2 Å². The van der Waals surface area contributed by atoms with Crippen LogP contribution in [-0.2, 0) is 14.2 Å².